The van der Waals surface area contributed by atoms with Gasteiger partial charge in [0.2, 0.25) is 0 Å². The van der Waals surface area contributed by atoms with E-state index in [-0.39, 0.29) is 5.91 Å². The number of carbonyl (C=O) groups excluding carboxylic acids is 1. The predicted molar refractivity (Wildman–Crippen MR) is 78.4 cm³/mol. The average Bonchev–Trinajstić information content (AvgIpc) is 2.41. The van der Waals surface area contributed by atoms with E-state index in [0.717, 1.165) is 25.1 Å². The molecule has 1 aliphatic rings. The maximum atomic E-state index is 12.2. The Morgan fingerprint density at radius 2 is 2.00 bits per heavy atom. The van der Waals surface area contributed by atoms with Crippen LogP contribution in [-0.4, -0.2) is 25.0 Å². The van der Waals surface area contributed by atoms with E-state index in [1.54, 1.807) is 0 Å². The molecule has 1 amide bonds. The van der Waals surface area contributed by atoms with Crippen molar-refractivity contribution in [2.45, 2.75) is 39.2 Å². The van der Waals surface area contributed by atoms with Gasteiger partial charge in [-0.3, -0.25) is 4.79 Å². The van der Waals surface area contributed by atoms with Crippen molar-refractivity contribution in [3.05, 3.63) is 35.4 Å². The van der Waals surface area contributed by atoms with Crippen LogP contribution in [0.4, 0.5) is 0 Å². The van der Waals surface area contributed by atoms with Gasteiger partial charge in [-0.05, 0) is 49.0 Å². The number of amides is 1. The maximum Gasteiger partial charge on any atom is 0.251 e. The lowest BCUT2D eigenvalue weighted by Crippen LogP contribution is -2.48. The molecule has 0 radical (unpaired) electrons. The normalized spacial score (nSPS) is 23.4. The van der Waals surface area contributed by atoms with Gasteiger partial charge in [-0.2, -0.15) is 0 Å². The molecule has 1 aliphatic heterocycles. The lowest BCUT2D eigenvalue weighted by atomic mass is 9.95. The van der Waals surface area contributed by atoms with Gasteiger partial charge in [0, 0.05) is 11.6 Å². The third-order valence-corrected chi connectivity index (χ3v) is 3.94. The molecule has 0 bridgehead atoms. The summed E-state index contributed by atoms with van der Waals surface area (Å²) in [5.41, 5.74) is 2.03. The molecule has 2 atom stereocenters. The summed E-state index contributed by atoms with van der Waals surface area (Å²) < 4.78 is 0. The van der Waals surface area contributed by atoms with E-state index in [9.17, 15) is 4.79 Å². The van der Waals surface area contributed by atoms with Crippen molar-refractivity contribution < 1.29 is 4.79 Å². The van der Waals surface area contributed by atoms with Gasteiger partial charge in [-0.15, -0.1) is 0 Å². The monoisotopic (exact) mass is 260 g/mol. The van der Waals surface area contributed by atoms with E-state index in [1.165, 1.54) is 5.56 Å². The predicted octanol–water partition coefficient (Wildman–Crippen LogP) is 2.54. The molecule has 2 rings (SSSR count). The Morgan fingerprint density at radius 3 is 2.58 bits per heavy atom. The van der Waals surface area contributed by atoms with Gasteiger partial charge in [0.1, 0.15) is 0 Å². The van der Waals surface area contributed by atoms with Crippen molar-refractivity contribution in [3.63, 3.8) is 0 Å². The summed E-state index contributed by atoms with van der Waals surface area (Å²) in [5, 5.41) is 6.50. The molecule has 1 fully saturated rings. The van der Waals surface area contributed by atoms with E-state index >= 15 is 0 Å². The molecule has 0 spiro atoms. The first-order chi connectivity index (χ1) is 9.08. The molecule has 0 saturated carbocycles. The van der Waals surface area contributed by atoms with Crippen molar-refractivity contribution in [1.29, 1.82) is 0 Å². The first-order valence-electron chi connectivity index (χ1n) is 7.19. The van der Waals surface area contributed by atoms with Gasteiger partial charge in [-0.25, -0.2) is 0 Å². The molecule has 1 heterocycles. The molecule has 2 unspecified atom stereocenters. The van der Waals surface area contributed by atoms with Crippen LogP contribution in [0.3, 0.4) is 0 Å². The van der Waals surface area contributed by atoms with Gasteiger partial charge >= 0.3 is 0 Å². The first-order valence-corrected chi connectivity index (χ1v) is 7.19. The van der Waals surface area contributed by atoms with E-state index in [4.69, 9.17) is 0 Å². The summed E-state index contributed by atoms with van der Waals surface area (Å²) in [6, 6.07) is 8.24. The number of benzene rings is 1. The van der Waals surface area contributed by atoms with Crippen molar-refractivity contribution in [2.24, 2.45) is 5.92 Å². The van der Waals surface area contributed by atoms with Crippen LogP contribution in [0.1, 0.15) is 49.0 Å². The number of piperidine rings is 1. The summed E-state index contributed by atoms with van der Waals surface area (Å²) in [4.78, 5) is 12.2. The zero-order chi connectivity index (χ0) is 13.8. The highest BCUT2D eigenvalue weighted by molar-refractivity contribution is 5.94. The smallest absolute Gasteiger partial charge is 0.251 e. The summed E-state index contributed by atoms with van der Waals surface area (Å²) in [7, 11) is 0. The molecule has 0 aromatic heterocycles. The molecule has 3 heteroatoms. The van der Waals surface area contributed by atoms with Gasteiger partial charge in [0.25, 0.3) is 5.91 Å². The molecular formula is C16H24N2O. The minimum Gasteiger partial charge on any atom is -0.349 e. The number of carbonyl (C=O) groups is 1. The Kier molecular flexibility index (Phi) is 4.59. The SMILES string of the molecule is CC(C)c1ccc(C(=O)NC2CCNCC2C)cc1. The molecule has 2 N–H and O–H groups in total. The summed E-state index contributed by atoms with van der Waals surface area (Å²) in [6.45, 7) is 8.47. The second kappa shape index (κ2) is 6.20. The second-order valence-electron chi connectivity index (χ2n) is 5.83. The van der Waals surface area contributed by atoms with Crippen LogP contribution in [0.2, 0.25) is 0 Å². The third kappa shape index (κ3) is 3.57. The van der Waals surface area contributed by atoms with Crippen LogP contribution in [-0.2, 0) is 0 Å². The van der Waals surface area contributed by atoms with Gasteiger partial charge < -0.3 is 10.6 Å². The fraction of sp³-hybridized carbons (Fsp3) is 0.562. The summed E-state index contributed by atoms with van der Waals surface area (Å²) in [5.74, 6) is 1.04. The molecular weight excluding hydrogens is 236 g/mol. The fourth-order valence-electron chi connectivity index (χ4n) is 2.50. The van der Waals surface area contributed by atoms with Crippen molar-refractivity contribution in [1.82, 2.24) is 10.6 Å². The molecule has 19 heavy (non-hydrogen) atoms. The van der Waals surface area contributed by atoms with Crippen LogP contribution < -0.4 is 10.6 Å². The van der Waals surface area contributed by atoms with Crippen molar-refractivity contribution >= 4 is 5.91 Å². The third-order valence-electron chi connectivity index (χ3n) is 3.94. The first kappa shape index (κ1) is 14.1. The van der Waals surface area contributed by atoms with Crippen molar-refractivity contribution in [3.8, 4) is 0 Å². The molecule has 3 nitrogen and oxygen atoms in total. The minimum absolute atomic E-state index is 0.0501. The van der Waals surface area contributed by atoms with Crippen LogP contribution in [0.15, 0.2) is 24.3 Å². The Bertz CT molecular complexity index is 425. The molecule has 0 aliphatic carbocycles. The van der Waals surface area contributed by atoms with Crippen molar-refractivity contribution in [2.75, 3.05) is 13.1 Å². The molecule has 1 aromatic carbocycles. The van der Waals surface area contributed by atoms with Gasteiger partial charge in [0.15, 0.2) is 0 Å². The van der Waals surface area contributed by atoms with E-state index < -0.39 is 0 Å². The van der Waals surface area contributed by atoms with Gasteiger partial charge in [0.05, 0.1) is 0 Å². The van der Waals surface area contributed by atoms with Crippen LogP contribution >= 0.6 is 0 Å². The Labute approximate surface area is 115 Å². The number of hydrogen-bond donors (Lipinski definition) is 2. The highest BCUT2D eigenvalue weighted by Crippen LogP contribution is 2.16. The summed E-state index contributed by atoms with van der Waals surface area (Å²) in [6.07, 6.45) is 1.01. The van der Waals surface area contributed by atoms with E-state index in [2.05, 4.69) is 31.4 Å². The van der Waals surface area contributed by atoms with E-state index in [1.807, 2.05) is 24.3 Å². The minimum atomic E-state index is 0.0501. The lowest BCUT2D eigenvalue weighted by molar-refractivity contribution is 0.0914. The standard InChI is InChI=1S/C16H24N2O/c1-11(2)13-4-6-14(7-5-13)16(19)18-15-8-9-17-10-12(15)3/h4-7,11-12,15,17H,8-10H2,1-3H3,(H,18,19). The van der Waals surface area contributed by atoms with Crippen LogP contribution in [0.25, 0.3) is 0 Å². The number of rotatable bonds is 3. The zero-order valence-corrected chi connectivity index (χ0v) is 12.1. The average molecular weight is 260 g/mol. The molecule has 104 valence electrons. The highest BCUT2D eigenvalue weighted by Gasteiger charge is 2.22. The quantitative estimate of drug-likeness (QED) is 0.877. The van der Waals surface area contributed by atoms with Crippen LogP contribution in [0, 0.1) is 5.92 Å². The topological polar surface area (TPSA) is 41.1 Å². The number of hydrogen-bond acceptors (Lipinski definition) is 2. The molecule has 1 saturated heterocycles. The fourth-order valence-corrected chi connectivity index (χ4v) is 2.50. The highest BCUT2D eigenvalue weighted by atomic mass is 16.1. The summed E-state index contributed by atoms with van der Waals surface area (Å²) >= 11 is 0. The Balaban J connectivity index is 1.99. The lowest BCUT2D eigenvalue weighted by Gasteiger charge is -2.30. The Hall–Kier alpha value is -1.35. The molecule has 1 aromatic rings. The van der Waals surface area contributed by atoms with Gasteiger partial charge in [-0.1, -0.05) is 32.9 Å². The zero-order valence-electron chi connectivity index (χ0n) is 12.1. The Morgan fingerprint density at radius 1 is 1.32 bits per heavy atom. The maximum absolute atomic E-state index is 12.2. The van der Waals surface area contributed by atoms with E-state index in [0.29, 0.717) is 17.9 Å². The number of nitrogens with one attached hydrogen (secondary N) is 2. The van der Waals surface area contributed by atoms with Crippen LogP contribution in [0.5, 0.6) is 0 Å². The largest absolute Gasteiger partial charge is 0.349 e. The second-order valence-corrected chi connectivity index (χ2v) is 5.83.